The fourth-order valence-corrected chi connectivity index (χ4v) is 5.06. The van der Waals surface area contributed by atoms with Crippen molar-refractivity contribution in [2.24, 2.45) is 0 Å². The number of aromatic nitrogens is 1. The van der Waals surface area contributed by atoms with Crippen molar-refractivity contribution in [1.82, 2.24) is 9.88 Å². The predicted molar refractivity (Wildman–Crippen MR) is 139 cm³/mol. The summed E-state index contributed by atoms with van der Waals surface area (Å²) >= 11 is 14.0. The van der Waals surface area contributed by atoms with E-state index in [0.717, 1.165) is 11.1 Å². The van der Waals surface area contributed by atoms with Gasteiger partial charge in [-0.15, -0.1) is 11.3 Å². The van der Waals surface area contributed by atoms with Gasteiger partial charge in [-0.05, 0) is 35.7 Å². The van der Waals surface area contributed by atoms with E-state index in [-0.39, 0.29) is 24.2 Å². The van der Waals surface area contributed by atoms with Gasteiger partial charge in [-0.2, -0.15) is 0 Å². The Hall–Kier alpha value is -3.26. The van der Waals surface area contributed by atoms with Crippen molar-refractivity contribution in [3.05, 3.63) is 126 Å². The smallest absolute Gasteiger partial charge is 0.274 e. The maximum Gasteiger partial charge on any atom is 0.274 e. The van der Waals surface area contributed by atoms with Crippen LogP contribution in [0.3, 0.4) is 0 Å². The molecule has 0 aliphatic carbocycles. The van der Waals surface area contributed by atoms with Crippen molar-refractivity contribution in [2.75, 3.05) is 0 Å². The van der Waals surface area contributed by atoms with Gasteiger partial charge in [0.15, 0.2) is 0 Å². The van der Waals surface area contributed by atoms with Crippen LogP contribution in [-0.4, -0.2) is 20.7 Å². The number of hydrogen-bond donors (Lipinski definition) is 0. The van der Waals surface area contributed by atoms with E-state index in [9.17, 15) is 14.9 Å². The Bertz CT molecular complexity index is 1340. The van der Waals surface area contributed by atoms with Crippen LogP contribution in [0.5, 0.6) is 0 Å². The quantitative estimate of drug-likeness (QED) is 0.178. The summed E-state index contributed by atoms with van der Waals surface area (Å²) in [4.78, 5) is 30.7. The van der Waals surface area contributed by atoms with Gasteiger partial charge in [0.25, 0.3) is 11.6 Å². The van der Waals surface area contributed by atoms with E-state index in [1.54, 1.807) is 40.6 Å². The molecule has 0 aliphatic heterocycles. The zero-order valence-electron chi connectivity index (χ0n) is 18.7. The summed E-state index contributed by atoms with van der Waals surface area (Å²) in [6.07, 6.45) is 0.412. The number of non-ortho nitro benzene ring substituents is 1. The minimum absolute atomic E-state index is 0.0187. The molecule has 1 atom stereocenters. The van der Waals surface area contributed by atoms with Crippen LogP contribution in [0.2, 0.25) is 10.0 Å². The third-order valence-electron chi connectivity index (χ3n) is 5.65. The number of nitro benzene ring substituents is 1. The number of benzene rings is 3. The van der Waals surface area contributed by atoms with Gasteiger partial charge in [0.05, 0.1) is 16.0 Å². The molecule has 1 unspecified atom stereocenters. The second kappa shape index (κ2) is 11.0. The van der Waals surface area contributed by atoms with Crippen LogP contribution in [0.15, 0.2) is 78.2 Å². The lowest BCUT2D eigenvalue weighted by molar-refractivity contribution is -0.384. The van der Waals surface area contributed by atoms with Gasteiger partial charge in [-0.3, -0.25) is 14.9 Å². The van der Waals surface area contributed by atoms with E-state index < -0.39 is 4.92 Å². The maximum absolute atomic E-state index is 13.7. The van der Waals surface area contributed by atoms with Crippen molar-refractivity contribution < 1.29 is 9.72 Å². The molecule has 3 aromatic carbocycles. The lowest BCUT2D eigenvalue weighted by Gasteiger charge is -2.29. The number of rotatable bonds is 8. The largest absolute Gasteiger partial charge is 0.326 e. The number of nitro groups is 1. The van der Waals surface area contributed by atoms with Gasteiger partial charge in [-0.1, -0.05) is 71.7 Å². The summed E-state index contributed by atoms with van der Waals surface area (Å²) in [7, 11) is 0. The van der Waals surface area contributed by atoms with Crippen molar-refractivity contribution in [2.45, 2.75) is 25.9 Å². The SMILES string of the molecule is CC(c1ccccc1)N(Cc1cccc([N+](=O)[O-])c1)C(=O)c1csc(Cc2c(Cl)cccc2Cl)n1. The van der Waals surface area contributed by atoms with Crippen LogP contribution >= 0.6 is 34.5 Å². The molecule has 9 heteroatoms. The second-order valence-corrected chi connectivity index (χ2v) is 9.71. The average Bonchev–Trinajstić information content (AvgIpc) is 3.33. The van der Waals surface area contributed by atoms with E-state index in [1.165, 1.54) is 23.5 Å². The van der Waals surface area contributed by atoms with E-state index >= 15 is 0 Å². The highest BCUT2D eigenvalue weighted by Crippen LogP contribution is 2.30. The summed E-state index contributed by atoms with van der Waals surface area (Å²) in [6.45, 7) is 2.13. The van der Waals surface area contributed by atoms with Gasteiger partial charge in [0, 0.05) is 40.5 Å². The number of amides is 1. The molecular formula is C26H21Cl2N3O3S. The molecule has 0 fully saturated rings. The normalized spacial score (nSPS) is 11.7. The Morgan fingerprint density at radius 1 is 1.06 bits per heavy atom. The Morgan fingerprint density at radius 2 is 1.74 bits per heavy atom. The number of carbonyl (C=O) groups excluding carboxylic acids is 1. The van der Waals surface area contributed by atoms with Gasteiger partial charge >= 0.3 is 0 Å². The first-order valence-electron chi connectivity index (χ1n) is 10.8. The Balaban J connectivity index is 1.64. The van der Waals surface area contributed by atoms with Crippen LogP contribution in [-0.2, 0) is 13.0 Å². The zero-order chi connectivity index (χ0) is 24.9. The summed E-state index contributed by atoms with van der Waals surface area (Å²) in [5, 5.41) is 14.8. The van der Waals surface area contributed by atoms with Crippen LogP contribution in [0.1, 0.15) is 45.2 Å². The van der Waals surface area contributed by atoms with Gasteiger partial charge in [0.2, 0.25) is 0 Å². The molecule has 4 rings (SSSR count). The maximum atomic E-state index is 13.7. The van der Waals surface area contributed by atoms with Crippen LogP contribution in [0, 0.1) is 10.1 Å². The molecule has 178 valence electrons. The third kappa shape index (κ3) is 5.88. The van der Waals surface area contributed by atoms with Crippen LogP contribution in [0.25, 0.3) is 0 Å². The molecule has 4 aromatic rings. The molecule has 0 spiro atoms. The van der Waals surface area contributed by atoms with Gasteiger partial charge < -0.3 is 4.90 Å². The fraction of sp³-hybridized carbons (Fsp3) is 0.154. The highest BCUT2D eigenvalue weighted by Gasteiger charge is 2.26. The molecule has 0 N–H and O–H groups in total. The summed E-state index contributed by atoms with van der Waals surface area (Å²) in [5.74, 6) is -0.263. The topological polar surface area (TPSA) is 76.3 Å². The first-order valence-corrected chi connectivity index (χ1v) is 12.4. The minimum atomic E-state index is -0.442. The monoisotopic (exact) mass is 525 g/mol. The van der Waals surface area contributed by atoms with Crippen molar-refractivity contribution >= 4 is 46.1 Å². The van der Waals surface area contributed by atoms with E-state index in [0.29, 0.717) is 32.7 Å². The third-order valence-corrected chi connectivity index (χ3v) is 7.20. The summed E-state index contributed by atoms with van der Waals surface area (Å²) < 4.78 is 0. The number of halogens is 2. The zero-order valence-corrected chi connectivity index (χ0v) is 21.1. The van der Waals surface area contributed by atoms with Crippen molar-refractivity contribution in [3.8, 4) is 0 Å². The molecule has 0 radical (unpaired) electrons. The molecule has 1 amide bonds. The molecule has 35 heavy (non-hydrogen) atoms. The van der Waals surface area contributed by atoms with E-state index in [1.807, 2.05) is 37.3 Å². The van der Waals surface area contributed by atoms with Gasteiger partial charge in [-0.25, -0.2) is 4.98 Å². The van der Waals surface area contributed by atoms with Gasteiger partial charge in [0.1, 0.15) is 5.69 Å². The lowest BCUT2D eigenvalue weighted by atomic mass is 10.1. The first kappa shape index (κ1) is 24.9. The first-order chi connectivity index (χ1) is 16.8. The molecule has 1 aromatic heterocycles. The fourth-order valence-electron chi connectivity index (χ4n) is 3.75. The highest BCUT2D eigenvalue weighted by molar-refractivity contribution is 7.09. The molecule has 0 saturated heterocycles. The number of carbonyl (C=O) groups is 1. The van der Waals surface area contributed by atoms with E-state index in [2.05, 4.69) is 4.98 Å². The Kier molecular flexibility index (Phi) is 7.80. The Morgan fingerprint density at radius 3 is 2.43 bits per heavy atom. The average molecular weight is 526 g/mol. The standard InChI is InChI=1S/C26H21Cl2N3O3S/c1-17(19-8-3-2-4-9-19)30(15-18-7-5-10-20(13-18)31(33)34)26(32)24-16-35-25(29-24)14-21-22(27)11-6-12-23(21)28/h2-13,16-17H,14-15H2,1H3. The molecule has 0 aliphatic rings. The van der Waals surface area contributed by atoms with Crippen LogP contribution in [0.4, 0.5) is 5.69 Å². The minimum Gasteiger partial charge on any atom is -0.326 e. The number of nitrogens with zero attached hydrogens (tertiary/aromatic N) is 3. The summed E-state index contributed by atoms with van der Waals surface area (Å²) in [5.41, 5.74) is 2.66. The molecule has 6 nitrogen and oxygen atoms in total. The second-order valence-electron chi connectivity index (χ2n) is 7.95. The summed E-state index contributed by atoms with van der Waals surface area (Å²) in [6, 6.07) is 21.0. The molecule has 0 saturated carbocycles. The highest BCUT2D eigenvalue weighted by atomic mass is 35.5. The van der Waals surface area contributed by atoms with Crippen molar-refractivity contribution in [1.29, 1.82) is 0 Å². The predicted octanol–water partition coefficient (Wildman–Crippen LogP) is 7.35. The molecular weight excluding hydrogens is 505 g/mol. The number of hydrogen-bond acceptors (Lipinski definition) is 5. The molecule has 0 bridgehead atoms. The Labute approximate surface area is 216 Å². The van der Waals surface area contributed by atoms with Crippen molar-refractivity contribution in [3.63, 3.8) is 0 Å². The molecule has 1 heterocycles. The van der Waals surface area contributed by atoms with Crippen LogP contribution < -0.4 is 0 Å². The number of thiazole rings is 1. The van der Waals surface area contributed by atoms with E-state index in [4.69, 9.17) is 23.2 Å². The lowest BCUT2D eigenvalue weighted by Crippen LogP contribution is -2.33.